The van der Waals surface area contributed by atoms with Crippen LogP contribution < -0.4 is 4.90 Å². The SMILES string of the molecule is C=CCN(C(=O)C1N([C@H](C)CO)C(=O)[C@@H]2[C@H](C(=O)O)[C@@H]3CCC12S3)c1cc(C)ccc1C. The fourth-order valence-electron chi connectivity index (χ4n) is 5.81. The zero-order valence-electron chi connectivity index (χ0n) is 18.7. The van der Waals surface area contributed by atoms with Crippen LogP contribution in [0.4, 0.5) is 5.69 Å². The Kier molecular flexibility index (Phi) is 5.88. The van der Waals surface area contributed by atoms with Crippen LogP contribution in [0.2, 0.25) is 0 Å². The number of anilines is 1. The van der Waals surface area contributed by atoms with Crippen LogP contribution in [0.15, 0.2) is 30.9 Å². The number of aliphatic hydroxyl groups is 1. The van der Waals surface area contributed by atoms with E-state index in [4.69, 9.17) is 0 Å². The zero-order valence-corrected chi connectivity index (χ0v) is 19.5. The van der Waals surface area contributed by atoms with Gasteiger partial charge in [-0.3, -0.25) is 14.4 Å². The average molecular weight is 459 g/mol. The predicted octanol–water partition coefficient (Wildman–Crippen LogP) is 2.38. The number of benzene rings is 1. The molecule has 1 spiro atoms. The van der Waals surface area contributed by atoms with E-state index in [0.29, 0.717) is 12.8 Å². The molecule has 3 aliphatic heterocycles. The van der Waals surface area contributed by atoms with Crippen molar-refractivity contribution in [3.8, 4) is 0 Å². The first-order valence-electron chi connectivity index (χ1n) is 11.0. The maximum Gasteiger partial charge on any atom is 0.308 e. The Labute approximate surface area is 192 Å². The molecule has 0 saturated carbocycles. The monoisotopic (exact) mass is 458 g/mol. The fourth-order valence-corrected chi connectivity index (χ4v) is 8.00. The highest BCUT2D eigenvalue weighted by Crippen LogP contribution is 2.66. The largest absolute Gasteiger partial charge is 0.481 e. The van der Waals surface area contributed by atoms with E-state index in [2.05, 4.69) is 6.58 Å². The molecule has 7 nitrogen and oxygen atoms in total. The Morgan fingerprint density at radius 1 is 1.41 bits per heavy atom. The Balaban J connectivity index is 1.84. The number of hydrogen-bond donors (Lipinski definition) is 2. The molecule has 1 aromatic carbocycles. The maximum absolute atomic E-state index is 14.2. The van der Waals surface area contributed by atoms with Crippen LogP contribution in [0.25, 0.3) is 0 Å². The lowest BCUT2D eigenvalue weighted by molar-refractivity contribution is -0.149. The van der Waals surface area contributed by atoms with Gasteiger partial charge in [0.1, 0.15) is 6.04 Å². The van der Waals surface area contributed by atoms with Crippen molar-refractivity contribution < 1.29 is 24.6 Å². The summed E-state index contributed by atoms with van der Waals surface area (Å²) in [5, 5.41) is 19.6. The fraction of sp³-hybridized carbons (Fsp3) is 0.542. The molecule has 3 saturated heterocycles. The van der Waals surface area contributed by atoms with Gasteiger partial charge in [0.25, 0.3) is 5.91 Å². The average Bonchev–Trinajstić information content (AvgIpc) is 3.40. The van der Waals surface area contributed by atoms with Gasteiger partial charge in [0.05, 0.1) is 29.2 Å². The minimum absolute atomic E-state index is 0.170. The molecule has 0 aromatic heterocycles. The molecule has 0 radical (unpaired) electrons. The summed E-state index contributed by atoms with van der Waals surface area (Å²) in [5.74, 6) is -3.11. The molecule has 3 aliphatic rings. The van der Waals surface area contributed by atoms with Crippen LogP contribution >= 0.6 is 11.8 Å². The summed E-state index contributed by atoms with van der Waals surface area (Å²) in [4.78, 5) is 43.0. The van der Waals surface area contributed by atoms with Crippen LogP contribution in [0.1, 0.15) is 30.9 Å². The first kappa shape index (κ1) is 22.9. The summed E-state index contributed by atoms with van der Waals surface area (Å²) < 4.78 is -0.789. The van der Waals surface area contributed by atoms with Crippen molar-refractivity contribution in [2.45, 2.75) is 55.7 Å². The van der Waals surface area contributed by atoms with Crippen LogP contribution in [0.5, 0.6) is 0 Å². The molecule has 0 aliphatic carbocycles. The first-order chi connectivity index (χ1) is 15.2. The highest BCUT2D eigenvalue weighted by molar-refractivity contribution is 8.02. The number of aliphatic hydroxyl groups excluding tert-OH is 1. The minimum Gasteiger partial charge on any atom is -0.481 e. The van der Waals surface area contributed by atoms with Gasteiger partial charge in [-0.25, -0.2) is 0 Å². The molecule has 6 atom stereocenters. The number of amides is 2. The number of aliphatic carboxylic acids is 1. The van der Waals surface area contributed by atoms with Crippen molar-refractivity contribution in [1.29, 1.82) is 0 Å². The number of rotatable bonds is 7. The molecular weight excluding hydrogens is 428 g/mol. The van der Waals surface area contributed by atoms with Crippen LogP contribution in [0.3, 0.4) is 0 Å². The minimum atomic E-state index is -0.982. The van der Waals surface area contributed by atoms with Crippen molar-refractivity contribution in [2.75, 3.05) is 18.1 Å². The van der Waals surface area contributed by atoms with E-state index < -0.39 is 34.6 Å². The summed E-state index contributed by atoms with van der Waals surface area (Å²) in [6, 6.07) is 4.46. The molecule has 1 aromatic rings. The Morgan fingerprint density at radius 3 is 2.75 bits per heavy atom. The highest BCUT2D eigenvalue weighted by atomic mass is 32.2. The first-order valence-corrected chi connectivity index (χ1v) is 11.9. The third-order valence-corrected chi connectivity index (χ3v) is 9.18. The summed E-state index contributed by atoms with van der Waals surface area (Å²) in [6.07, 6.45) is 2.94. The molecule has 8 heteroatoms. The predicted molar refractivity (Wildman–Crippen MR) is 124 cm³/mol. The molecule has 2 unspecified atom stereocenters. The van der Waals surface area contributed by atoms with E-state index in [9.17, 15) is 24.6 Å². The van der Waals surface area contributed by atoms with E-state index in [0.717, 1.165) is 16.8 Å². The van der Waals surface area contributed by atoms with Gasteiger partial charge in [0.2, 0.25) is 5.91 Å². The topological polar surface area (TPSA) is 98.2 Å². The second-order valence-corrected chi connectivity index (χ2v) is 10.8. The quantitative estimate of drug-likeness (QED) is 0.609. The maximum atomic E-state index is 14.2. The molecule has 32 heavy (non-hydrogen) atoms. The Bertz CT molecular complexity index is 981. The number of fused-ring (bicyclic) bond motifs is 1. The molecule has 172 valence electrons. The van der Waals surface area contributed by atoms with Crippen LogP contribution in [0, 0.1) is 25.7 Å². The number of carbonyl (C=O) groups is 3. The van der Waals surface area contributed by atoms with Crippen LogP contribution in [-0.4, -0.2) is 68.1 Å². The normalized spacial score (nSPS) is 31.5. The molecule has 2 bridgehead atoms. The molecule has 3 fully saturated rings. The lowest BCUT2D eigenvalue weighted by atomic mass is 9.71. The van der Waals surface area contributed by atoms with E-state index in [1.165, 1.54) is 16.7 Å². The van der Waals surface area contributed by atoms with Gasteiger partial charge in [0, 0.05) is 17.5 Å². The van der Waals surface area contributed by atoms with Gasteiger partial charge < -0.3 is 20.0 Å². The van der Waals surface area contributed by atoms with E-state index in [1.807, 2.05) is 32.0 Å². The second kappa shape index (κ2) is 8.23. The zero-order chi connectivity index (χ0) is 23.4. The van der Waals surface area contributed by atoms with Crippen LogP contribution in [-0.2, 0) is 14.4 Å². The molecule has 2 N–H and O–H groups in total. The number of carbonyl (C=O) groups excluding carboxylic acids is 2. The van der Waals surface area contributed by atoms with Gasteiger partial charge in [-0.05, 0) is 50.8 Å². The van der Waals surface area contributed by atoms with E-state index in [1.54, 1.807) is 17.9 Å². The lowest BCUT2D eigenvalue weighted by Gasteiger charge is -2.39. The van der Waals surface area contributed by atoms with Crippen molar-refractivity contribution in [3.63, 3.8) is 0 Å². The number of hydrogen-bond acceptors (Lipinski definition) is 5. The number of thioether (sulfide) groups is 1. The second-order valence-electron chi connectivity index (χ2n) is 9.20. The molecule has 4 rings (SSSR count). The lowest BCUT2D eigenvalue weighted by Crippen LogP contribution is -2.57. The van der Waals surface area contributed by atoms with Gasteiger partial charge in [0.15, 0.2) is 0 Å². The third-order valence-electron chi connectivity index (χ3n) is 7.23. The Hall–Kier alpha value is -2.32. The summed E-state index contributed by atoms with van der Waals surface area (Å²) in [5.41, 5.74) is 2.69. The number of carboxylic acids is 1. The van der Waals surface area contributed by atoms with Crippen molar-refractivity contribution >= 4 is 35.2 Å². The van der Waals surface area contributed by atoms with Gasteiger partial charge in [-0.15, -0.1) is 18.3 Å². The summed E-state index contributed by atoms with van der Waals surface area (Å²) in [6.45, 7) is 9.39. The van der Waals surface area contributed by atoms with Gasteiger partial charge >= 0.3 is 5.97 Å². The molecule has 2 amide bonds. The van der Waals surface area contributed by atoms with E-state index >= 15 is 0 Å². The smallest absolute Gasteiger partial charge is 0.308 e. The number of carboxylic acid groups (broad SMARTS) is 1. The summed E-state index contributed by atoms with van der Waals surface area (Å²) in [7, 11) is 0. The number of nitrogens with zero attached hydrogens (tertiary/aromatic N) is 2. The number of likely N-dealkylation sites (tertiary alicyclic amines) is 1. The highest BCUT2D eigenvalue weighted by Gasteiger charge is 2.74. The standard InChI is InChI=1S/C24H30N2O5S/c1-5-10-25(16-11-13(2)6-7-14(16)3)22(29)20-24-9-8-17(32-24)18(23(30)31)19(24)21(28)26(20)15(4)12-27/h5-7,11,15,17-20,27H,1,8-10,12H2,2-4H3,(H,30,31)/t15-,17+,18-,19+,20?,24?/m1/s1. The third kappa shape index (κ3) is 3.18. The summed E-state index contributed by atoms with van der Waals surface area (Å²) >= 11 is 1.50. The molecular formula is C24H30N2O5S. The van der Waals surface area contributed by atoms with Crippen molar-refractivity contribution in [2.24, 2.45) is 11.8 Å². The van der Waals surface area contributed by atoms with Gasteiger partial charge in [-0.2, -0.15) is 0 Å². The van der Waals surface area contributed by atoms with E-state index in [-0.39, 0.29) is 30.2 Å². The van der Waals surface area contributed by atoms with Crippen molar-refractivity contribution in [3.05, 3.63) is 42.0 Å². The van der Waals surface area contributed by atoms with Crippen molar-refractivity contribution in [1.82, 2.24) is 4.90 Å². The molecule has 3 heterocycles. The van der Waals surface area contributed by atoms with Gasteiger partial charge in [-0.1, -0.05) is 18.2 Å². The Morgan fingerprint density at radius 2 is 2.12 bits per heavy atom. The number of aryl methyl sites for hydroxylation is 2.